The van der Waals surface area contributed by atoms with Crippen molar-refractivity contribution in [2.45, 2.75) is 23.5 Å². The van der Waals surface area contributed by atoms with Gasteiger partial charge in [-0.2, -0.15) is 0 Å². The van der Waals surface area contributed by atoms with Crippen LogP contribution in [0.2, 0.25) is 0 Å². The Kier molecular flexibility index (Phi) is 4.50. The smallest absolute Gasteiger partial charge is 0.308 e. The number of rotatable bonds is 4. The maximum atomic E-state index is 12.9. The lowest BCUT2D eigenvalue weighted by molar-refractivity contribution is -0.141. The molecule has 0 unspecified atom stereocenters. The molecule has 1 aromatic rings. The third-order valence-electron chi connectivity index (χ3n) is 3.80. The van der Waals surface area contributed by atoms with E-state index in [2.05, 4.69) is 0 Å². The number of carbonyl (C=O) groups excluding carboxylic acids is 1. The molecule has 1 aliphatic rings. The molecule has 0 spiro atoms. The van der Waals surface area contributed by atoms with E-state index in [1.807, 2.05) is 0 Å². The van der Waals surface area contributed by atoms with Crippen molar-refractivity contribution in [2.24, 2.45) is 5.92 Å². The van der Waals surface area contributed by atoms with Crippen LogP contribution < -0.4 is 0 Å². The van der Waals surface area contributed by atoms with Gasteiger partial charge in [-0.15, -0.1) is 0 Å². The summed E-state index contributed by atoms with van der Waals surface area (Å²) in [6, 6.07) is 4.25. The molecule has 1 aromatic carbocycles. The van der Waals surface area contributed by atoms with Crippen molar-refractivity contribution in [1.29, 1.82) is 0 Å². The largest absolute Gasteiger partial charge is 0.481 e. The molecule has 1 amide bonds. The second-order valence-corrected chi connectivity index (χ2v) is 7.52. The summed E-state index contributed by atoms with van der Waals surface area (Å²) in [4.78, 5) is 24.3. The van der Waals surface area contributed by atoms with Gasteiger partial charge >= 0.3 is 5.97 Å². The molecule has 6 nitrogen and oxygen atoms in total. The normalized spacial score (nSPS) is 19.9. The molecule has 1 saturated heterocycles. The molecule has 1 fully saturated rings. The molecule has 0 saturated carbocycles. The van der Waals surface area contributed by atoms with Crippen molar-refractivity contribution in [1.82, 2.24) is 4.90 Å². The van der Waals surface area contributed by atoms with Crippen LogP contribution in [0.3, 0.4) is 0 Å². The van der Waals surface area contributed by atoms with E-state index >= 15 is 0 Å². The Labute approximate surface area is 127 Å². The summed E-state index contributed by atoms with van der Waals surface area (Å²) in [6.07, 6.45) is 0.310. The van der Waals surface area contributed by atoms with E-state index in [0.29, 0.717) is 6.42 Å². The van der Waals surface area contributed by atoms with Gasteiger partial charge in [-0.05, 0) is 37.6 Å². The number of nitrogens with zero attached hydrogens (tertiary/aromatic N) is 1. The zero-order chi connectivity index (χ0) is 16.5. The lowest BCUT2D eigenvalue weighted by Crippen LogP contribution is -2.40. The first kappa shape index (κ1) is 16.4. The Morgan fingerprint density at radius 2 is 1.91 bits per heavy atom. The fourth-order valence-corrected chi connectivity index (χ4v) is 3.72. The Morgan fingerprint density at radius 3 is 2.41 bits per heavy atom. The van der Waals surface area contributed by atoms with E-state index in [-0.39, 0.29) is 18.0 Å². The molecule has 2 rings (SSSR count). The molecule has 0 aromatic heterocycles. The minimum Gasteiger partial charge on any atom is -0.481 e. The van der Waals surface area contributed by atoms with Crippen molar-refractivity contribution >= 4 is 21.7 Å². The van der Waals surface area contributed by atoms with Gasteiger partial charge in [-0.25, -0.2) is 12.8 Å². The van der Waals surface area contributed by atoms with Crippen molar-refractivity contribution in [3.05, 3.63) is 30.1 Å². The number of carboxylic acids is 1. The number of likely N-dealkylation sites (tertiary alicyclic amines) is 1. The minimum absolute atomic E-state index is 0.0114. The number of carboxylic acid groups (broad SMARTS) is 1. The predicted molar refractivity (Wildman–Crippen MR) is 75.4 cm³/mol. The summed E-state index contributed by atoms with van der Waals surface area (Å²) in [5, 5.41) is 7.58. The summed E-state index contributed by atoms with van der Waals surface area (Å²) >= 11 is 0. The topological polar surface area (TPSA) is 91.8 Å². The molecule has 0 radical (unpaired) electrons. The number of halogens is 1. The van der Waals surface area contributed by atoms with Crippen LogP contribution in [0.4, 0.5) is 4.39 Å². The highest BCUT2D eigenvalue weighted by Gasteiger charge is 2.37. The monoisotopic (exact) mass is 329 g/mol. The van der Waals surface area contributed by atoms with Gasteiger partial charge in [-0.1, -0.05) is 0 Å². The molecule has 1 N–H and O–H groups in total. The van der Waals surface area contributed by atoms with Gasteiger partial charge in [0.25, 0.3) is 0 Å². The fourth-order valence-electron chi connectivity index (χ4n) is 2.38. The van der Waals surface area contributed by atoms with Crippen LogP contribution >= 0.6 is 0 Å². The number of hydrogen-bond donors (Lipinski definition) is 1. The molecular formula is C14H16FNO5S. The number of carbonyl (C=O) groups is 2. The Hall–Kier alpha value is -1.96. The summed E-state index contributed by atoms with van der Waals surface area (Å²) in [5.74, 6) is -2.86. The van der Waals surface area contributed by atoms with E-state index in [0.717, 1.165) is 24.3 Å². The van der Waals surface area contributed by atoms with Crippen LogP contribution in [0.15, 0.2) is 29.2 Å². The maximum absolute atomic E-state index is 12.9. The molecule has 22 heavy (non-hydrogen) atoms. The van der Waals surface area contributed by atoms with Crippen LogP contribution in [0.25, 0.3) is 0 Å². The highest BCUT2D eigenvalue weighted by atomic mass is 32.2. The van der Waals surface area contributed by atoms with E-state index in [9.17, 15) is 22.4 Å². The standard InChI is InChI=1S/C14H16FNO5S/c1-9(13(17)16-7-6-10(8-16)14(18)19)22(20,21)12-4-2-11(15)3-5-12/h2-5,9-10H,6-8H2,1H3,(H,18,19)/t9-,10+/m1/s1. The first-order valence-electron chi connectivity index (χ1n) is 6.74. The highest BCUT2D eigenvalue weighted by Crippen LogP contribution is 2.22. The van der Waals surface area contributed by atoms with Gasteiger partial charge in [0.2, 0.25) is 5.91 Å². The second kappa shape index (κ2) is 6.04. The Morgan fingerprint density at radius 1 is 1.32 bits per heavy atom. The number of aliphatic carboxylic acids is 1. The average Bonchev–Trinajstić information content (AvgIpc) is 2.96. The van der Waals surface area contributed by atoms with Crippen LogP contribution in [0.5, 0.6) is 0 Å². The van der Waals surface area contributed by atoms with E-state index < -0.39 is 38.7 Å². The quantitative estimate of drug-likeness (QED) is 0.830. The number of benzene rings is 1. The minimum atomic E-state index is -3.94. The third-order valence-corrected chi connectivity index (χ3v) is 5.87. The van der Waals surface area contributed by atoms with Crippen molar-refractivity contribution in [2.75, 3.05) is 13.1 Å². The van der Waals surface area contributed by atoms with Gasteiger partial charge in [-0.3, -0.25) is 9.59 Å². The van der Waals surface area contributed by atoms with Gasteiger partial charge in [0.15, 0.2) is 9.84 Å². The van der Waals surface area contributed by atoms with E-state index in [4.69, 9.17) is 5.11 Å². The van der Waals surface area contributed by atoms with Crippen molar-refractivity contribution in [3.63, 3.8) is 0 Å². The van der Waals surface area contributed by atoms with Gasteiger partial charge in [0.1, 0.15) is 11.1 Å². The number of amides is 1. The van der Waals surface area contributed by atoms with Crippen molar-refractivity contribution in [3.8, 4) is 0 Å². The summed E-state index contributed by atoms with van der Waals surface area (Å²) in [5.41, 5.74) is 0. The molecule has 1 aliphatic heterocycles. The Balaban J connectivity index is 2.16. The van der Waals surface area contributed by atoms with Gasteiger partial charge in [0.05, 0.1) is 10.8 Å². The highest BCUT2D eigenvalue weighted by molar-refractivity contribution is 7.92. The van der Waals surface area contributed by atoms with Crippen LogP contribution in [0.1, 0.15) is 13.3 Å². The fraction of sp³-hybridized carbons (Fsp3) is 0.429. The SMILES string of the molecule is C[C@H](C(=O)N1CC[C@H](C(=O)O)C1)S(=O)(=O)c1ccc(F)cc1. The van der Waals surface area contributed by atoms with Gasteiger partial charge < -0.3 is 10.0 Å². The van der Waals surface area contributed by atoms with Gasteiger partial charge in [0, 0.05) is 13.1 Å². The van der Waals surface area contributed by atoms with Crippen molar-refractivity contribution < 1.29 is 27.5 Å². The Bertz CT molecular complexity index is 686. The summed E-state index contributed by atoms with van der Waals surface area (Å²) < 4.78 is 37.6. The third kappa shape index (κ3) is 3.11. The average molecular weight is 329 g/mol. The lowest BCUT2D eigenvalue weighted by atomic mass is 10.1. The molecule has 0 aliphatic carbocycles. The van der Waals surface area contributed by atoms with Crippen LogP contribution in [-0.2, 0) is 19.4 Å². The maximum Gasteiger partial charge on any atom is 0.308 e. The molecular weight excluding hydrogens is 313 g/mol. The second-order valence-electron chi connectivity index (χ2n) is 5.25. The van der Waals surface area contributed by atoms with E-state index in [1.54, 1.807) is 0 Å². The molecule has 120 valence electrons. The zero-order valence-corrected chi connectivity index (χ0v) is 12.7. The summed E-state index contributed by atoms with van der Waals surface area (Å²) in [6.45, 7) is 1.49. The zero-order valence-electron chi connectivity index (χ0n) is 11.9. The van der Waals surface area contributed by atoms with Crippen LogP contribution in [-0.4, -0.2) is 48.6 Å². The number of hydrogen-bond acceptors (Lipinski definition) is 4. The molecule has 8 heteroatoms. The predicted octanol–water partition coefficient (Wildman–Crippen LogP) is 0.921. The molecule has 0 bridgehead atoms. The number of sulfone groups is 1. The van der Waals surface area contributed by atoms with E-state index in [1.165, 1.54) is 11.8 Å². The first-order valence-corrected chi connectivity index (χ1v) is 8.29. The summed E-state index contributed by atoms with van der Waals surface area (Å²) in [7, 11) is -3.94. The first-order chi connectivity index (χ1) is 10.2. The molecule has 1 heterocycles. The van der Waals surface area contributed by atoms with Crippen LogP contribution in [0, 0.1) is 11.7 Å². The molecule has 2 atom stereocenters. The lowest BCUT2D eigenvalue weighted by Gasteiger charge is -2.20.